The molecule has 10 heteroatoms. The van der Waals surface area contributed by atoms with Crippen LogP contribution < -0.4 is 11.1 Å². The van der Waals surface area contributed by atoms with Gasteiger partial charge in [0.15, 0.2) is 12.1 Å². The summed E-state index contributed by atoms with van der Waals surface area (Å²) < 4.78 is 10.4. The molecular formula is C11H17N3O7. The van der Waals surface area contributed by atoms with Crippen molar-refractivity contribution in [2.24, 2.45) is 16.6 Å². The van der Waals surface area contributed by atoms with E-state index in [2.05, 4.69) is 10.3 Å². The third kappa shape index (κ3) is 1.26. The van der Waals surface area contributed by atoms with Crippen molar-refractivity contribution in [3.8, 4) is 0 Å². The molecule has 5 rings (SSSR count). The van der Waals surface area contributed by atoms with E-state index in [4.69, 9.17) is 15.2 Å². The van der Waals surface area contributed by atoms with Gasteiger partial charge < -0.3 is 46.1 Å². The van der Waals surface area contributed by atoms with Crippen LogP contribution in [0.2, 0.25) is 0 Å². The molecule has 4 fully saturated rings. The van der Waals surface area contributed by atoms with Crippen LogP contribution in [0, 0.1) is 5.92 Å². The summed E-state index contributed by atoms with van der Waals surface area (Å²) in [6.45, 7) is -0.680. The first-order valence-corrected chi connectivity index (χ1v) is 6.65. The van der Waals surface area contributed by atoms with Crippen LogP contribution >= 0.6 is 0 Å². The highest BCUT2D eigenvalue weighted by atomic mass is 16.9. The number of guanidine groups is 1. The smallest absolute Gasteiger partial charge is 0.311 e. The number of aliphatic hydroxyl groups is 5. The second kappa shape index (κ2) is 3.66. The Morgan fingerprint density at radius 1 is 1.29 bits per heavy atom. The van der Waals surface area contributed by atoms with Crippen LogP contribution in [0.5, 0.6) is 0 Å². The molecule has 4 aliphatic heterocycles. The van der Waals surface area contributed by atoms with Crippen LogP contribution in [-0.2, 0) is 9.47 Å². The maximum atomic E-state index is 10.6. The highest BCUT2D eigenvalue weighted by molar-refractivity contribution is 5.80. The van der Waals surface area contributed by atoms with E-state index >= 15 is 0 Å². The molecule has 0 radical (unpaired) electrons. The molecule has 4 bridgehead atoms. The number of nitrogens with one attached hydrogen (secondary N) is 1. The highest BCUT2D eigenvalue weighted by Crippen LogP contribution is 2.57. The fourth-order valence-electron chi connectivity index (χ4n) is 4.16. The van der Waals surface area contributed by atoms with E-state index in [0.29, 0.717) is 0 Å². The van der Waals surface area contributed by atoms with E-state index < -0.39 is 54.1 Å². The molecule has 0 aromatic heterocycles. The van der Waals surface area contributed by atoms with Crippen molar-refractivity contribution < 1.29 is 35.0 Å². The van der Waals surface area contributed by atoms with E-state index in [1.807, 2.05) is 0 Å². The maximum absolute atomic E-state index is 10.6. The number of hydrogen-bond donors (Lipinski definition) is 7. The van der Waals surface area contributed by atoms with Crippen LogP contribution in [0.1, 0.15) is 0 Å². The van der Waals surface area contributed by atoms with Gasteiger partial charge in [0.05, 0.1) is 13.2 Å². The summed E-state index contributed by atoms with van der Waals surface area (Å²) in [4.78, 5) is 3.99. The lowest BCUT2D eigenvalue weighted by Gasteiger charge is -2.70. The second-order valence-corrected chi connectivity index (χ2v) is 6.09. The van der Waals surface area contributed by atoms with E-state index in [1.165, 1.54) is 0 Å². The monoisotopic (exact) mass is 303 g/mol. The van der Waals surface area contributed by atoms with Gasteiger partial charge in [0.2, 0.25) is 0 Å². The lowest BCUT2D eigenvalue weighted by Crippen LogP contribution is -2.94. The molecule has 0 aromatic rings. The predicted molar refractivity (Wildman–Crippen MR) is 64.6 cm³/mol. The molecule has 0 aromatic carbocycles. The highest BCUT2D eigenvalue weighted by Gasteiger charge is 2.81. The van der Waals surface area contributed by atoms with Crippen molar-refractivity contribution >= 4 is 5.96 Å². The second-order valence-electron chi connectivity index (χ2n) is 6.09. The quantitative estimate of drug-likeness (QED) is 0.251. The van der Waals surface area contributed by atoms with Crippen molar-refractivity contribution in [1.29, 1.82) is 0 Å². The van der Waals surface area contributed by atoms with Crippen molar-refractivity contribution in [1.82, 2.24) is 5.32 Å². The molecule has 8 N–H and O–H groups in total. The number of hydrogen-bond acceptors (Lipinski definition) is 10. The van der Waals surface area contributed by atoms with Gasteiger partial charge in [-0.1, -0.05) is 0 Å². The van der Waals surface area contributed by atoms with Gasteiger partial charge in [0.25, 0.3) is 0 Å². The predicted octanol–water partition coefficient (Wildman–Crippen LogP) is -4.84. The largest absolute Gasteiger partial charge is 0.393 e. The Labute approximate surface area is 118 Å². The third-order valence-corrected chi connectivity index (χ3v) is 5.19. The third-order valence-electron chi connectivity index (χ3n) is 5.19. The molecule has 1 spiro atoms. The fourth-order valence-corrected chi connectivity index (χ4v) is 4.16. The normalized spacial score (nSPS) is 61.2. The Balaban J connectivity index is 1.92. The fraction of sp³-hybridized carbons (Fsp3) is 0.909. The summed E-state index contributed by atoms with van der Waals surface area (Å²) in [5.74, 6) is -3.09. The summed E-state index contributed by atoms with van der Waals surface area (Å²) in [7, 11) is 0. The van der Waals surface area contributed by atoms with E-state index in [1.54, 1.807) is 0 Å². The Morgan fingerprint density at radius 3 is 2.62 bits per heavy atom. The van der Waals surface area contributed by atoms with Gasteiger partial charge >= 0.3 is 5.97 Å². The molecule has 1 saturated carbocycles. The van der Waals surface area contributed by atoms with E-state index in [9.17, 15) is 25.5 Å². The molecule has 1 unspecified atom stereocenters. The van der Waals surface area contributed by atoms with E-state index in [-0.39, 0.29) is 12.5 Å². The van der Waals surface area contributed by atoms with Crippen molar-refractivity contribution in [3.05, 3.63) is 0 Å². The SMILES string of the molecule is NC1=NC[C@H]2[C@H]3O[C@]4(O)O[C@H]([C@H](O)C2(N1)[C@@H]4O)[C@@]3(O)CO. The Hall–Kier alpha value is -1.01. The summed E-state index contributed by atoms with van der Waals surface area (Å²) in [6, 6.07) is 0. The molecule has 3 saturated heterocycles. The zero-order chi connectivity index (χ0) is 15.2. The average Bonchev–Trinajstić information content (AvgIpc) is 2.45. The van der Waals surface area contributed by atoms with Crippen LogP contribution in [0.3, 0.4) is 0 Å². The standard InChI is InChI=1S/C11H17N3O7/c12-8-13-1-3-5-9(18,2-15)6-4(16)10(3,14-8)7(17)11(19,20-5)21-6/h3-7,15-19H,1-2H2,(H3,12,13,14)/t3-,4-,5+,6+,7-,9+,10?,11-/m0/s1. The molecule has 1 aliphatic carbocycles. The number of rotatable bonds is 1. The number of nitrogens with two attached hydrogens (primary N) is 1. The zero-order valence-electron chi connectivity index (χ0n) is 10.9. The number of aliphatic hydroxyl groups excluding tert-OH is 3. The van der Waals surface area contributed by atoms with Crippen molar-refractivity contribution in [3.63, 3.8) is 0 Å². The van der Waals surface area contributed by atoms with Gasteiger partial charge in [0.1, 0.15) is 29.5 Å². The average molecular weight is 303 g/mol. The minimum atomic E-state index is -2.39. The first-order chi connectivity index (χ1) is 9.79. The number of nitrogens with zero attached hydrogens (tertiary/aromatic N) is 1. The zero-order valence-corrected chi connectivity index (χ0v) is 10.9. The van der Waals surface area contributed by atoms with Gasteiger partial charge in [0, 0.05) is 5.92 Å². The van der Waals surface area contributed by atoms with Crippen molar-refractivity contribution in [2.75, 3.05) is 13.2 Å². The summed E-state index contributed by atoms with van der Waals surface area (Å²) in [6.07, 6.45) is -5.49. The van der Waals surface area contributed by atoms with Gasteiger partial charge in [-0.25, -0.2) is 0 Å². The number of aliphatic imine (C=N–C) groups is 1. The summed E-state index contributed by atoms with van der Waals surface area (Å²) in [5, 5.41) is 54.2. The van der Waals surface area contributed by atoms with Gasteiger partial charge in [-0.2, -0.15) is 0 Å². The lowest BCUT2D eigenvalue weighted by atomic mass is 9.55. The Bertz CT molecular complexity index is 532. The van der Waals surface area contributed by atoms with Crippen molar-refractivity contribution in [2.45, 2.75) is 41.5 Å². The summed E-state index contributed by atoms with van der Waals surface area (Å²) in [5.41, 5.74) is 2.26. The summed E-state index contributed by atoms with van der Waals surface area (Å²) >= 11 is 0. The number of ether oxygens (including phenoxy) is 2. The maximum Gasteiger partial charge on any atom is 0.311 e. The molecule has 0 amide bonds. The van der Waals surface area contributed by atoms with Gasteiger partial charge in [-0.3, -0.25) is 4.99 Å². The molecular weight excluding hydrogens is 286 g/mol. The molecule has 10 nitrogen and oxygen atoms in total. The van der Waals surface area contributed by atoms with Crippen LogP contribution in [0.25, 0.3) is 0 Å². The molecule has 4 heterocycles. The Morgan fingerprint density at radius 2 is 1.95 bits per heavy atom. The topological polar surface area (TPSA) is 170 Å². The lowest BCUT2D eigenvalue weighted by molar-refractivity contribution is -0.544. The molecule has 5 aliphatic rings. The minimum absolute atomic E-state index is 0.00226. The van der Waals surface area contributed by atoms with Crippen LogP contribution in [0.4, 0.5) is 0 Å². The van der Waals surface area contributed by atoms with Crippen LogP contribution in [0.15, 0.2) is 4.99 Å². The minimum Gasteiger partial charge on any atom is -0.393 e. The van der Waals surface area contributed by atoms with Gasteiger partial charge in [-0.15, -0.1) is 0 Å². The molecule has 118 valence electrons. The first kappa shape index (κ1) is 13.6. The molecule has 8 atom stereocenters. The Kier molecular flexibility index (Phi) is 2.38. The van der Waals surface area contributed by atoms with E-state index in [0.717, 1.165) is 0 Å². The van der Waals surface area contributed by atoms with Crippen LogP contribution in [-0.4, -0.2) is 86.2 Å². The first-order valence-electron chi connectivity index (χ1n) is 6.65. The molecule has 21 heavy (non-hydrogen) atoms. The van der Waals surface area contributed by atoms with Gasteiger partial charge in [-0.05, 0) is 0 Å².